The monoisotopic (exact) mass is 308 g/mol. The Bertz CT molecular complexity index is 753. The minimum absolute atomic E-state index is 0.662. The molecule has 0 fully saturated rings. The van der Waals surface area contributed by atoms with Gasteiger partial charge in [0.15, 0.2) is 0 Å². The van der Waals surface area contributed by atoms with Crippen molar-refractivity contribution in [2.75, 3.05) is 14.2 Å². The number of rotatable bonds is 6. The lowest BCUT2D eigenvalue weighted by atomic mass is 10.2. The number of ether oxygens (including phenoxy) is 1. The van der Waals surface area contributed by atoms with E-state index in [1.165, 1.54) is 5.56 Å². The SMILES string of the molecule is COc1cccc(CN(C)Cc2coc(-c3ccccc3)n2)c1. The standard InChI is InChI=1S/C19H20N2O2/c1-21(12-15-7-6-10-18(11-15)22-2)13-17-14-23-19(20-17)16-8-4-3-5-9-16/h3-11,14H,12-13H2,1-2H3. The van der Waals surface area contributed by atoms with Crippen molar-refractivity contribution in [3.8, 4) is 17.2 Å². The average Bonchev–Trinajstić information content (AvgIpc) is 3.04. The fourth-order valence-electron chi connectivity index (χ4n) is 2.51. The van der Waals surface area contributed by atoms with Crippen LogP contribution in [0.5, 0.6) is 5.75 Å². The Kier molecular flexibility index (Phi) is 4.74. The van der Waals surface area contributed by atoms with Crippen molar-refractivity contribution >= 4 is 0 Å². The zero-order valence-electron chi connectivity index (χ0n) is 13.4. The highest BCUT2D eigenvalue weighted by molar-refractivity contribution is 5.52. The fourth-order valence-corrected chi connectivity index (χ4v) is 2.51. The molecule has 0 aliphatic carbocycles. The molecule has 0 unspecified atom stereocenters. The van der Waals surface area contributed by atoms with Gasteiger partial charge in [-0.3, -0.25) is 4.90 Å². The average molecular weight is 308 g/mol. The molecule has 0 N–H and O–H groups in total. The lowest BCUT2D eigenvalue weighted by Gasteiger charge is -2.15. The lowest BCUT2D eigenvalue weighted by molar-refractivity contribution is 0.314. The van der Waals surface area contributed by atoms with E-state index in [-0.39, 0.29) is 0 Å². The van der Waals surface area contributed by atoms with E-state index in [0.717, 1.165) is 30.1 Å². The second kappa shape index (κ2) is 7.11. The molecule has 0 radical (unpaired) electrons. The van der Waals surface area contributed by atoms with E-state index < -0.39 is 0 Å². The zero-order valence-corrected chi connectivity index (χ0v) is 13.4. The van der Waals surface area contributed by atoms with Crippen LogP contribution >= 0.6 is 0 Å². The molecule has 0 bridgehead atoms. The number of aromatic nitrogens is 1. The molecule has 0 atom stereocenters. The quantitative estimate of drug-likeness (QED) is 0.690. The van der Waals surface area contributed by atoms with Crippen LogP contribution in [-0.4, -0.2) is 24.0 Å². The van der Waals surface area contributed by atoms with Gasteiger partial charge in [0.2, 0.25) is 5.89 Å². The summed E-state index contributed by atoms with van der Waals surface area (Å²) in [5, 5.41) is 0. The van der Waals surface area contributed by atoms with Crippen molar-refractivity contribution in [2.24, 2.45) is 0 Å². The molecule has 118 valence electrons. The van der Waals surface area contributed by atoms with E-state index in [4.69, 9.17) is 9.15 Å². The van der Waals surface area contributed by atoms with Crippen molar-refractivity contribution in [3.63, 3.8) is 0 Å². The molecule has 23 heavy (non-hydrogen) atoms. The Balaban J connectivity index is 1.64. The Hall–Kier alpha value is -2.59. The smallest absolute Gasteiger partial charge is 0.226 e. The van der Waals surface area contributed by atoms with Crippen molar-refractivity contribution in [3.05, 3.63) is 72.1 Å². The van der Waals surface area contributed by atoms with Gasteiger partial charge >= 0.3 is 0 Å². The summed E-state index contributed by atoms with van der Waals surface area (Å²) in [5.41, 5.74) is 3.13. The third kappa shape index (κ3) is 3.99. The third-order valence-corrected chi connectivity index (χ3v) is 3.59. The molecular formula is C19H20N2O2. The van der Waals surface area contributed by atoms with Gasteiger partial charge in [0.05, 0.1) is 12.8 Å². The summed E-state index contributed by atoms with van der Waals surface area (Å²) in [7, 11) is 3.75. The summed E-state index contributed by atoms with van der Waals surface area (Å²) < 4.78 is 10.8. The van der Waals surface area contributed by atoms with E-state index in [1.807, 2.05) is 42.5 Å². The Morgan fingerprint density at radius 3 is 2.65 bits per heavy atom. The highest BCUT2D eigenvalue weighted by Crippen LogP contribution is 2.19. The largest absolute Gasteiger partial charge is 0.497 e. The van der Waals surface area contributed by atoms with Gasteiger partial charge in [0.1, 0.15) is 12.0 Å². The number of hydrogen-bond donors (Lipinski definition) is 0. The van der Waals surface area contributed by atoms with Gasteiger partial charge in [-0.05, 0) is 36.9 Å². The van der Waals surface area contributed by atoms with Gasteiger partial charge in [-0.15, -0.1) is 0 Å². The predicted octanol–water partition coefficient (Wildman–Crippen LogP) is 3.98. The predicted molar refractivity (Wildman–Crippen MR) is 90.1 cm³/mol. The second-order valence-electron chi connectivity index (χ2n) is 5.53. The third-order valence-electron chi connectivity index (χ3n) is 3.59. The van der Waals surface area contributed by atoms with E-state index in [2.05, 4.69) is 29.1 Å². The van der Waals surface area contributed by atoms with Crippen LogP contribution in [0, 0.1) is 0 Å². The summed E-state index contributed by atoms with van der Waals surface area (Å²) >= 11 is 0. The molecule has 0 aliphatic rings. The first-order valence-electron chi connectivity index (χ1n) is 7.56. The Morgan fingerprint density at radius 1 is 1.04 bits per heavy atom. The molecule has 0 saturated carbocycles. The molecular weight excluding hydrogens is 288 g/mol. The molecule has 0 spiro atoms. The minimum Gasteiger partial charge on any atom is -0.497 e. The molecule has 3 rings (SSSR count). The van der Waals surface area contributed by atoms with Crippen LogP contribution in [0.2, 0.25) is 0 Å². The zero-order chi connectivity index (χ0) is 16.1. The summed E-state index contributed by atoms with van der Waals surface area (Å²) in [5.74, 6) is 1.54. The first kappa shape index (κ1) is 15.3. The maximum absolute atomic E-state index is 5.58. The van der Waals surface area contributed by atoms with Gasteiger partial charge < -0.3 is 9.15 Å². The van der Waals surface area contributed by atoms with Gasteiger partial charge in [0, 0.05) is 18.7 Å². The summed E-state index contributed by atoms with van der Waals surface area (Å²) in [4.78, 5) is 6.76. The first-order chi connectivity index (χ1) is 11.2. The van der Waals surface area contributed by atoms with Crippen molar-refractivity contribution in [1.29, 1.82) is 0 Å². The molecule has 4 nitrogen and oxygen atoms in total. The molecule has 1 aromatic heterocycles. The van der Waals surface area contributed by atoms with Crippen LogP contribution in [0.3, 0.4) is 0 Å². The maximum atomic E-state index is 5.58. The molecule has 0 amide bonds. The Morgan fingerprint density at radius 2 is 1.87 bits per heavy atom. The maximum Gasteiger partial charge on any atom is 0.226 e. The van der Waals surface area contributed by atoms with E-state index in [1.54, 1.807) is 13.4 Å². The number of oxazole rings is 1. The lowest BCUT2D eigenvalue weighted by Crippen LogP contribution is -2.17. The highest BCUT2D eigenvalue weighted by atomic mass is 16.5. The van der Waals surface area contributed by atoms with Crippen molar-refractivity contribution in [1.82, 2.24) is 9.88 Å². The van der Waals surface area contributed by atoms with Gasteiger partial charge in [-0.1, -0.05) is 30.3 Å². The van der Waals surface area contributed by atoms with Crippen molar-refractivity contribution < 1.29 is 9.15 Å². The first-order valence-corrected chi connectivity index (χ1v) is 7.56. The van der Waals surface area contributed by atoms with Crippen LogP contribution < -0.4 is 4.74 Å². The Labute approximate surface area is 136 Å². The summed E-state index contributed by atoms with van der Waals surface area (Å²) in [6.07, 6.45) is 1.73. The van der Waals surface area contributed by atoms with Crippen LogP contribution in [0.15, 0.2) is 65.3 Å². The topological polar surface area (TPSA) is 38.5 Å². The summed E-state index contributed by atoms with van der Waals surface area (Å²) in [6, 6.07) is 18.0. The van der Waals surface area contributed by atoms with E-state index in [9.17, 15) is 0 Å². The second-order valence-corrected chi connectivity index (χ2v) is 5.53. The van der Waals surface area contributed by atoms with Gasteiger partial charge in [-0.25, -0.2) is 4.98 Å². The van der Waals surface area contributed by atoms with Crippen LogP contribution in [0.1, 0.15) is 11.3 Å². The number of nitrogens with zero attached hydrogens (tertiary/aromatic N) is 2. The highest BCUT2D eigenvalue weighted by Gasteiger charge is 2.09. The van der Waals surface area contributed by atoms with Crippen molar-refractivity contribution in [2.45, 2.75) is 13.1 Å². The van der Waals surface area contributed by atoms with Crippen LogP contribution in [0.4, 0.5) is 0 Å². The number of methoxy groups -OCH3 is 1. The molecule has 2 aromatic carbocycles. The van der Waals surface area contributed by atoms with Gasteiger partial charge in [-0.2, -0.15) is 0 Å². The molecule has 4 heteroatoms. The normalized spacial score (nSPS) is 10.9. The number of hydrogen-bond acceptors (Lipinski definition) is 4. The minimum atomic E-state index is 0.662. The van der Waals surface area contributed by atoms with E-state index in [0.29, 0.717) is 5.89 Å². The number of benzene rings is 2. The van der Waals surface area contributed by atoms with E-state index >= 15 is 0 Å². The van der Waals surface area contributed by atoms with Gasteiger partial charge in [0.25, 0.3) is 0 Å². The molecule has 3 aromatic rings. The summed E-state index contributed by atoms with van der Waals surface area (Å²) in [6.45, 7) is 1.55. The van der Waals surface area contributed by atoms with Crippen LogP contribution in [0.25, 0.3) is 11.5 Å². The molecule has 0 saturated heterocycles. The molecule has 1 heterocycles. The van der Waals surface area contributed by atoms with Crippen LogP contribution in [-0.2, 0) is 13.1 Å². The fraction of sp³-hybridized carbons (Fsp3) is 0.211. The molecule has 0 aliphatic heterocycles.